The van der Waals surface area contributed by atoms with Crippen LogP contribution in [-0.2, 0) is 13.0 Å². The second-order valence-corrected chi connectivity index (χ2v) is 11.1. The Labute approximate surface area is 237 Å². The highest BCUT2D eigenvalue weighted by atomic mass is 35.5. The summed E-state index contributed by atoms with van der Waals surface area (Å²) in [6.07, 6.45) is 5.42. The van der Waals surface area contributed by atoms with Gasteiger partial charge >= 0.3 is 0 Å². The van der Waals surface area contributed by atoms with Crippen LogP contribution in [0.3, 0.4) is 0 Å². The Balaban J connectivity index is 1.42. The van der Waals surface area contributed by atoms with Crippen molar-refractivity contribution in [1.29, 1.82) is 0 Å². The Kier molecular flexibility index (Phi) is 7.11. The van der Waals surface area contributed by atoms with Crippen LogP contribution in [0.5, 0.6) is 0 Å². The third-order valence-corrected chi connectivity index (χ3v) is 8.29. The number of para-hydroxylation sites is 2. The SMILES string of the molecule is CCCCc1nc2ccc(Cl)cc2n1Cc1cn(-c2ccccc2SNc2onc(C)c2C)c2ccccc12. The quantitative estimate of drug-likeness (QED) is 0.181. The van der Waals surface area contributed by atoms with Gasteiger partial charge in [-0.3, -0.25) is 4.72 Å². The minimum Gasteiger partial charge on any atom is -0.337 e. The van der Waals surface area contributed by atoms with Crippen molar-refractivity contribution in [3.8, 4) is 5.69 Å². The molecular formula is C31H30ClN5OS. The zero-order valence-electron chi connectivity index (χ0n) is 22.2. The lowest BCUT2D eigenvalue weighted by atomic mass is 10.1. The summed E-state index contributed by atoms with van der Waals surface area (Å²) in [5, 5.41) is 6.01. The van der Waals surface area contributed by atoms with Gasteiger partial charge in [-0.05, 0) is 74.2 Å². The van der Waals surface area contributed by atoms with Crippen molar-refractivity contribution in [1.82, 2.24) is 19.3 Å². The standard InChI is InChI=1S/C31H30ClN5OS/c1-4-5-14-30-33-25-16-15-23(32)17-28(25)37(30)19-22-18-36(26-11-7-6-10-24(22)26)27-12-8-9-13-29(27)39-35-31-20(2)21(3)34-38-31/h6-13,15-18,35H,4-5,14,19H2,1-3H3. The molecule has 0 aliphatic rings. The van der Waals surface area contributed by atoms with Crippen LogP contribution >= 0.6 is 23.5 Å². The van der Waals surface area contributed by atoms with E-state index in [0.717, 1.165) is 68.5 Å². The van der Waals surface area contributed by atoms with Gasteiger partial charge in [0.05, 0.1) is 39.4 Å². The van der Waals surface area contributed by atoms with Gasteiger partial charge in [0.15, 0.2) is 0 Å². The lowest BCUT2D eigenvalue weighted by Crippen LogP contribution is -2.05. The van der Waals surface area contributed by atoms with Crippen LogP contribution < -0.4 is 4.72 Å². The second-order valence-electron chi connectivity index (χ2n) is 9.79. The molecule has 0 spiro atoms. The molecule has 1 N–H and O–H groups in total. The molecule has 6 rings (SSSR count). The molecule has 6 nitrogen and oxygen atoms in total. The molecule has 0 saturated heterocycles. The number of unbranched alkanes of at least 4 members (excludes halogenated alkanes) is 1. The summed E-state index contributed by atoms with van der Waals surface area (Å²) in [7, 11) is 0. The zero-order valence-corrected chi connectivity index (χ0v) is 23.8. The summed E-state index contributed by atoms with van der Waals surface area (Å²) < 4.78 is 13.4. The minimum atomic E-state index is 0.676. The van der Waals surface area contributed by atoms with Crippen molar-refractivity contribution < 1.29 is 4.52 Å². The maximum absolute atomic E-state index is 6.42. The fraction of sp³-hybridized carbons (Fsp3) is 0.226. The van der Waals surface area contributed by atoms with Gasteiger partial charge in [-0.2, -0.15) is 0 Å². The first-order chi connectivity index (χ1) is 19.0. The predicted molar refractivity (Wildman–Crippen MR) is 161 cm³/mol. The maximum Gasteiger partial charge on any atom is 0.237 e. The number of hydrogen-bond donors (Lipinski definition) is 1. The smallest absolute Gasteiger partial charge is 0.237 e. The first-order valence-electron chi connectivity index (χ1n) is 13.2. The Bertz CT molecular complexity index is 1780. The first kappa shape index (κ1) is 25.6. The summed E-state index contributed by atoms with van der Waals surface area (Å²) in [5.74, 6) is 1.78. The summed E-state index contributed by atoms with van der Waals surface area (Å²) in [6, 6.07) is 22.9. The largest absolute Gasteiger partial charge is 0.337 e. The van der Waals surface area contributed by atoms with Crippen LogP contribution in [0.15, 0.2) is 82.3 Å². The van der Waals surface area contributed by atoms with E-state index in [9.17, 15) is 0 Å². The van der Waals surface area contributed by atoms with E-state index in [1.54, 1.807) is 0 Å². The number of nitrogens with zero attached hydrogens (tertiary/aromatic N) is 4. The molecule has 3 heterocycles. The monoisotopic (exact) mass is 555 g/mol. The van der Waals surface area contributed by atoms with Gasteiger partial charge in [-0.25, -0.2) is 4.98 Å². The molecule has 0 amide bonds. The van der Waals surface area contributed by atoms with E-state index in [0.29, 0.717) is 12.4 Å². The van der Waals surface area contributed by atoms with E-state index in [2.05, 4.69) is 80.7 Å². The van der Waals surface area contributed by atoms with E-state index in [1.165, 1.54) is 22.9 Å². The summed E-state index contributed by atoms with van der Waals surface area (Å²) in [6.45, 7) is 6.88. The van der Waals surface area contributed by atoms with Crippen molar-refractivity contribution in [2.75, 3.05) is 4.72 Å². The molecule has 6 aromatic rings. The lowest BCUT2D eigenvalue weighted by molar-refractivity contribution is 0.431. The van der Waals surface area contributed by atoms with Gasteiger partial charge in [-0.15, -0.1) is 0 Å². The number of rotatable bonds is 9. The molecule has 0 radical (unpaired) electrons. The molecular weight excluding hydrogens is 526 g/mol. The number of imidazole rings is 1. The molecule has 0 atom stereocenters. The van der Waals surface area contributed by atoms with Crippen LogP contribution in [0.25, 0.3) is 27.6 Å². The summed E-state index contributed by atoms with van der Waals surface area (Å²) in [4.78, 5) is 6.07. The zero-order chi connectivity index (χ0) is 26.9. The molecule has 0 bridgehead atoms. The molecule has 0 aliphatic heterocycles. The molecule has 0 unspecified atom stereocenters. The van der Waals surface area contributed by atoms with Gasteiger partial charge in [-0.1, -0.05) is 60.4 Å². The number of nitrogens with one attached hydrogen (secondary N) is 1. The number of halogens is 1. The maximum atomic E-state index is 6.42. The van der Waals surface area contributed by atoms with Crippen LogP contribution in [0, 0.1) is 13.8 Å². The number of fused-ring (bicyclic) bond motifs is 2. The molecule has 0 fully saturated rings. The third-order valence-electron chi connectivity index (χ3n) is 7.20. The topological polar surface area (TPSA) is 60.8 Å². The molecule has 3 aromatic heterocycles. The van der Waals surface area contributed by atoms with E-state index >= 15 is 0 Å². The molecule has 198 valence electrons. The lowest BCUT2D eigenvalue weighted by Gasteiger charge is -2.12. The Morgan fingerprint density at radius 1 is 1.00 bits per heavy atom. The van der Waals surface area contributed by atoms with E-state index in [-0.39, 0.29) is 0 Å². The van der Waals surface area contributed by atoms with Crippen molar-refractivity contribution in [3.63, 3.8) is 0 Å². The highest BCUT2D eigenvalue weighted by Gasteiger charge is 2.17. The van der Waals surface area contributed by atoms with Gasteiger partial charge in [0.1, 0.15) is 5.82 Å². The van der Waals surface area contributed by atoms with E-state index in [4.69, 9.17) is 21.1 Å². The number of anilines is 1. The minimum absolute atomic E-state index is 0.676. The molecule has 39 heavy (non-hydrogen) atoms. The number of aromatic nitrogens is 4. The second kappa shape index (κ2) is 10.8. The van der Waals surface area contributed by atoms with Gasteiger partial charge < -0.3 is 13.7 Å². The van der Waals surface area contributed by atoms with Gasteiger partial charge in [0.2, 0.25) is 5.88 Å². The Morgan fingerprint density at radius 2 is 1.82 bits per heavy atom. The van der Waals surface area contributed by atoms with Gasteiger partial charge in [0.25, 0.3) is 0 Å². The Morgan fingerprint density at radius 3 is 2.64 bits per heavy atom. The highest BCUT2D eigenvalue weighted by molar-refractivity contribution is 8.00. The van der Waals surface area contributed by atoms with Crippen molar-refractivity contribution in [2.24, 2.45) is 0 Å². The molecule has 8 heteroatoms. The van der Waals surface area contributed by atoms with Crippen LogP contribution in [0.4, 0.5) is 5.88 Å². The number of benzene rings is 3. The van der Waals surface area contributed by atoms with Crippen molar-refractivity contribution in [3.05, 3.63) is 101 Å². The van der Waals surface area contributed by atoms with Crippen LogP contribution in [-0.4, -0.2) is 19.3 Å². The third kappa shape index (κ3) is 4.92. The van der Waals surface area contributed by atoms with Gasteiger partial charge in [0, 0.05) is 28.6 Å². The predicted octanol–water partition coefficient (Wildman–Crippen LogP) is 8.75. The Hall–Kier alpha value is -3.68. The summed E-state index contributed by atoms with van der Waals surface area (Å²) in [5.41, 5.74) is 7.44. The number of hydrogen-bond acceptors (Lipinski definition) is 5. The van der Waals surface area contributed by atoms with Crippen LogP contribution in [0.2, 0.25) is 5.02 Å². The van der Waals surface area contributed by atoms with Crippen LogP contribution in [0.1, 0.15) is 42.4 Å². The fourth-order valence-corrected chi connectivity index (χ4v) is 5.93. The van der Waals surface area contributed by atoms with E-state index < -0.39 is 0 Å². The molecule has 0 aliphatic carbocycles. The average molecular weight is 556 g/mol. The number of aryl methyl sites for hydroxylation is 2. The fourth-order valence-electron chi connectivity index (χ4n) is 4.95. The summed E-state index contributed by atoms with van der Waals surface area (Å²) >= 11 is 7.95. The molecule has 3 aromatic carbocycles. The normalized spacial score (nSPS) is 11.6. The van der Waals surface area contributed by atoms with Crippen molar-refractivity contribution in [2.45, 2.75) is 51.5 Å². The molecule has 0 saturated carbocycles. The first-order valence-corrected chi connectivity index (χ1v) is 14.4. The van der Waals surface area contributed by atoms with Crippen molar-refractivity contribution >= 4 is 51.4 Å². The highest BCUT2D eigenvalue weighted by Crippen LogP contribution is 2.34. The van der Waals surface area contributed by atoms with E-state index in [1.807, 2.05) is 32.0 Å². The average Bonchev–Trinajstić information content (AvgIpc) is 3.60.